The predicted octanol–water partition coefficient (Wildman–Crippen LogP) is 1.05. The number of nitrogens with two attached hydrogens (primary N) is 2. The second kappa shape index (κ2) is 14.7. The summed E-state index contributed by atoms with van der Waals surface area (Å²) in [4.78, 5) is 35.0. The average Bonchev–Trinajstić information content (AvgIpc) is 2.74. The molecule has 0 radical (unpaired) electrons. The zero-order valence-corrected chi connectivity index (χ0v) is 17.5. The number of halogens is 3. The van der Waals surface area contributed by atoms with Gasteiger partial charge in [0.2, 0.25) is 5.96 Å². The molecule has 15 heteroatoms. The molecule has 0 bridgehead atoms. The summed E-state index contributed by atoms with van der Waals surface area (Å²) in [5.74, 6) is -2.05. The van der Waals surface area contributed by atoms with Gasteiger partial charge in [0.25, 0.3) is 0 Å². The van der Waals surface area contributed by atoms with Crippen LogP contribution < -0.4 is 16.4 Å². The van der Waals surface area contributed by atoms with E-state index in [0.29, 0.717) is 36.7 Å². The van der Waals surface area contributed by atoms with Crippen LogP contribution in [-0.4, -0.2) is 63.7 Å². The Kier molecular flexibility index (Phi) is 12.8. The molecule has 0 fully saturated rings. The maximum atomic E-state index is 12.2. The van der Waals surface area contributed by atoms with Crippen molar-refractivity contribution < 1.29 is 33.0 Å². The molecule has 0 saturated heterocycles. The van der Waals surface area contributed by atoms with Crippen LogP contribution in [0.5, 0.6) is 0 Å². The third-order valence-electron chi connectivity index (χ3n) is 3.41. The lowest BCUT2D eigenvalue weighted by Crippen LogP contribution is -2.35. The summed E-state index contributed by atoms with van der Waals surface area (Å²) in [6.07, 6.45) is 2.36. The molecule has 0 aromatic carbocycles. The van der Waals surface area contributed by atoms with E-state index in [1.165, 1.54) is 12.3 Å². The highest BCUT2D eigenvalue weighted by Crippen LogP contribution is 2.15. The number of guanidine groups is 1. The van der Waals surface area contributed by atoms with Gasteiger partial charge < -0.3 is 21.7 Å². The molecule has 0 amide bonds. The second-order valence-corrected chi connectivity index (χ2v) is 5.99. The van der Waals surface area contributed by atoms with Crippen LogP contribution in [0.25, 0.3) is 0 Å². The van der Waals surface area contributed by atoms with Crippen molar-refractivity contribution in [2.75, 3.05) is 18.5 Å². The molecule has 1 rings (SSSR count). The molecular weight excluding hydrogens is 449 g/mol. The molecular formula is C18H23F3N8O4. The van der Waals surface area contributed by atoms with Crippen molar-refractivity contribution in [3.63, 3.8) is 0 Å². The number of unbranched alkanes of at least 4 members (excludes halogenated alkanes) is 1. The van der Waals surface area contributed by atoms with Crippen LogP contribution in [0.3, 0.4) is 0 Å². The number of alkyl halides is 3. The number of carboxylic acids is 2. The molecule has 12 nitrogen and oxygen atoms in total. The van der Waals surface area contributed by atoms with E-state index in [1.54, 1.807) is 13.2 Å². The van der Waals surface area contributed by atoms with Gasteiger partial charge in [-0.25, -0.2) is 24.5 Å². The monoisotopic (exact) mass is 472 g/mol. The fourth-order valence-electron chi connectivity index (χ4n) is 1.94. The van der Waals surface area contributed by atoms with Crippen molar-refractivity contribution in [2.24, 2.45) is 21.5 Å². The number of carbonyl (C=O) groups is 2. The van der Waals surface area contributed by atoms with Crippen LogP contribution in [0, 0.1) is 11.5 Å². The Hall–Kier alpha value is -4.22. The van der Waals surface area contributed by atoms with Gasteiger partial charge in [0, 0.05) is 44.3 Å². The third-order valence-corrected chi connectivity index (χ3v) is 3.41. The third kappa shape index (κ3) is 14.4. The molecule has 0 aliphatic heterocycles. The average molecular weight is 472 g/mol. The standard InChI is InChI=1S/C14H19F3N8.C4H4O4/c1-21-10(19)4-2-3-5-11-22-7-6-12(24-11)25(9-18)13(20)23-8-14(15,16)17;5-3(6)1-2-4(7)8/h6-7H,2-5,8H2,1H3,(H2,19,21)(H2,20,23);1-2H,(H,5,6)(H,7,8)/b;2-1-. The minimum Gasteiger partial charge on any atom is -0.478 e. The minimum atomic E-state index is -4.51. The van der Waals surface area contributed by atoms with Gasteiger partial charge in [-0.3, -0.25) is 4.99 Å². The van der Waals surface area contributed by atoms with Crippen molar-refractivity contribution in [1.29, 1.82) is 5.26 Å². The zero-order chi connectivity index (χ0) is 25.4. The van der Waals surface area contributed by atoms with Crippen LogP contribution in [-0.2, 0) is 16.0 Å². The van der Waals surface area contributed by atoms with Crippen LogP contribution >= 0.6 is 0 Å². The number of aromatic nitrogens is 2. The largest absolute Gasteiger partial charge is 0.478 e. The van der Waals surface area contributed by atoms with Crippen molar-refractivity contribution in [1.82, 2.24) is 9.97 Å². The molecule has 0 aliphatic rings. The van der Waals surface area contributed by atoms with E-state index in [2.05, 4.69) is 20.0 Å². The number of hydrogen-bond donors (Lipinski definition) is 4. The van der Waals surface area contributed by atoms with Gasteiger partial charge in [-0.05, 0) is 12.8 Å². The van der Waals surface area contributed by atoms with Gasteiger partial charge in [0.15, 0.2) is 12.0 Å². The topological polar surface area (TPSA) is 204 Å². The van der Waals surface area contributed by atoms with Crippen molar-refractivity contribution >= 4 is 29.6 Å². The molecule has 1 aromatic rings. The van der Waals surface area contributed by atoms with E-state index in [4.69, 9.17) is 26.9 Å². The number of anilines is 1. The molecule has 33 heavy (non-hydrogen) atoms. The van der Waals surface area contributed by atoms with Gasteiger partial charge >= 0.3 is 18.1 Å². The van der Waals surface area contributed by atoms with Gasteiger partial charge in [-0.2, -0.15) is 23.3 Å². The first-order valence-electron chi connectivity index (χ1n) is 9.13. The Morgan fingerprint density at radius 3 is 2.33 bits per heavy atom. The highest BCUT2D eigenvalue weighted by Gasteiger charge is 2.27. The maximum Gasteiger partial charge on any atom is 0.408 e. The normalized spacial score (nSPS) is 12.0. The van der Waals surface area contributed by atoms with E-state index in [1.807, 2.05) is 0 Å². The van der Waals surface area contributed by atoms with E-state index < -0.39 is 30.6 Å². The summed E-state index contributed by atoms with van der Waals surface area (Å²) in [6.45, 7) is -1.48. The van der Waals surface area contributed by atoms with Crippen molar-refractivity contribution in [3.05, 3.63) is 30.2 Å². The number of hydrogen-bond acceptors (Lipinski definition) is 7. The molecule has 0 aliphatic carbocycles. The minimum absolute atomic E-state index is 0.0607. The van der Waals surface area contributed by atoms with Gasteiger partial charge in [-0.1, -0.05) is 0 Å². The van der Waals surface area contributed by atoms with E-state index in [9.17, 15) is 22.8 Å². The summed E-state index contributed by atoms with van der Waals surface area (Å²) in [7, 11) is 1.61. The molecule has 180 valence electrons. The second-order valence-electron chi connectivity index (χ2n) is 5.99. The number of aliphatic imine (C=N–C) groups is 2. The Morgan fingerprint density at radius 2 is 1.85 bits per heavy atom. The molecule has 6 N–H and O–H groups in total. The van der Waals surface area contributed by atoms with E-state index >= 15 is 0 Å². The number of aliphatic carboxylic acids is 2. The molecule has 0 spiro atoms. The molecule has 0 saturated carbocycles. The maximum absolute atomic E-state index is 12.2. The summed E-state index contributed by atoms with van der Waals surface area (Å²) < 4.78 is 36.6. The van der Waals surface area contributed by atoms with Gasteiger partial charge in [0.05, 0.1) is 5.84 Å². The zero-order valence-electron chi connectivity index (χ0n) is 17.5. The first-order chi connectivity index (χ1) is 15.4. The SMILES string of the molecule is CN=C(N)CCCCc1nccc(N(C#N)C(N)=NCC(F)(F)F)n1.O=C(O)/C=C\C(=O)O. The number of amidine groups is 1. The Bertz CT molecular complexity index is 910. The van der Waals surface area contributed by atoms with Crippen molar-refractivity contribution in [3.8, 4) is 6.19 Å². The molecule has 0 unspecified atom stereocenters. The first-order valence-corrected chi connectivity index (χ1v) is 9.13. The number of carboxylic acid groups (broad SMARTS) is 2. The highest BCUT2D eigenvalue weighted by atomic mass is 19.4. The van der Waals surface area contributed by atoms with Crippen molar-refractivity contribution in [2.45, 2.75) is 31.9 Å². The fraction of sp³-hybridized carbons (Fsp3) is 0.389. The lowest BCUT2D eigenvalue weighted by molar-refractivity contribution is -0.134. The molecule has 0 atom stereocenters. The van der Waals surface area contributed by atoms with Crippen LogP contribution in [0.2, 0.25) is 0 Å². The Labute approximate surface area is 186 Å². The highest BCUT2D eigenvalue weighted by molar-refractivity contribution is 5.96. The lowest BCUT2D eigenvalue weighted by Gasteiger charge is -2.14. The van der Waals surface area contributed by atoms with Crippen LogP contribution in [0.4, 0.5) is 19.0 Å². The number of rotatable bonds is 9. The molecule has 1 heterocycles. The van der Waals surface area contributed by atoms with Crippen LogP contribution in [0.15, 0.2) is 34.4 Å². The molecule has 1 aromatic heterocycles. The summed E-state index contributed by atoms with van der Waals surface area (Å²) in [6, 6.07) is 1.37. The summed E-state index contributed by atoms with van der Waals surface area (Å²) in [5, 5.41) is 24.7. The van der Waals surface area contributed by atoms with Gasteiger partial charge in [-0.15, -0.1) is 0 Å². The summed E-state index contributed by atoms with van der Waals surface area (Å²) in [5.41, 5.74) is 11.0. The van der Waals surface area contributed by atoms with Crippen LogP contribution in [0.1, 0.15) is 25.1 Å². The van der Waals surface area contributed by atoms with E-state index in [0.717, 1.165) is 17.7 Å². The number of nitrogens with zero attached hydrogens (tertiary/aromatic N) is 6. The summed E-state index contributed by atoms with van der Waals surface area (Å²) >= 11 is 0. The Balaban J connectivity index is 0.00000109. The predicted molar refractivity (Wildman–Crippen MR) is 112 cm³/mol. The fourth-order valence-corrected chi connectivity index (χ4v) is 1.94. The lowest BCUT2D eigenvalue weighted by atomic mass is 10.2. The quantitative estimate of drug-likeness (QED) is 0.100. The smallest absolute Gasteiger partial charge is 0.408 e. The number of aryl methyl sites for hydroxylation is 1. The Morgan fingerprint density at radius 1 is 1.24 bits per heavy atom. The van der Waals surface area contributed by atoms with E-state index in [-0.39, 0.29) is 5.82 Å². The first kappa shape index (κ1) is 28.8. The van der Waals surface area contributed by atoms with Gasteiger partial charge in [0.1, 0.15) is 12.4 Å². The number of nitriles is 1.